The van der Waals surface area contributed by atoms with E-state index in [1.54, 1.807) is 19.1 Å². The highest BCUT2D eigenvalue weighted by Gasteiger charge is 2.28. The second-order valence-electron chi connectivity index (χ2n) is 9.04. The van der Waals surface area contributed by atoms with E-state index in [0.29, 0.717) is 48.5 Å². The van der Waals surface area contributed by atoms with Crippen LogP contribution in [0.1, 0.15) is 62.9 Å². The SMILES string of the molecule is CCOC(=O)c1c(NC(=O)c2c(C)c(-c3ccc(Cl)cc3Cl)nc3ccccc23)sc2c1CCCCC2. The first-order valence-corrected chi connectivity index (χ1v) is 13.9. The molecule has 0 saturated heterocycles. The van der Waals surface area contributed by atoms with Gasteiger partial charge >= 0.3 is 5.97 Å². The minimum absolute atomic E-state index is 0.274. The summed E-state index contributed by atoms with van der Waals surface area (Å²) in [6, 6.07) is 12.7. The Balaban J connectivity index is 1.63. The van der Waals surface area contributed by atoms with Crippen molar-refractivity contribution in [1.82, 2.24) is 4.98 Å². The Morgan fingerprint density at radius 2 is 1.84 bits per heavy atom. The number of fused-ring (bicyclic) bond motifs is 2. The number of aryl methyl sites for hydroxylation is 1. The Morgan fingerprint density at radius 3 is 2.62 bits per heavy atom. The van der Waals surface area contributed by atoms with Gasteiger partial charge in [0.05, 0.1) is 34.0 Å². The number of rotatable bonds is 5. The molecule has 0 saturated carbocycles. The minimum Gasteiger partial charge on any atom is -0.462 e. The second kappa shape index (κ2) is 10.8. The van der Waals surface area contributed by atoms with E-state index in [9.17, 15) is 9.59 Å². The fourth-order valence-corrected chi connectivity index (χ4v) is 6.73. The standard InChI is InChI=1S/C29H26Cl2N2O3S/c1-3-36-29(35)25-20-10-5-4-6-12-23(20)37-28(25)33-27(34)24-16(2)26(18-14-13-17(30)15-21(18)31)32-22-11-8-7-9-19(22)24/h7-9,11,13-15H,3-6,10,12H2,1-2H3,(H,33,34). The summed E-state index contributed by atoms with van der Waals surface area (Å²) in [4.78, 5) is 33.0. The molecule has 1 aliphatic carbocycles. The van der Waals surface area contributed by atoms with E-state index in [0.717, 1.165) is 47.9 Å². The van der Waals surface area contributed by atoms with Crippen LogP contribution in [0.5, 0.6) is 0 Å². The van der Waals surface area contributed by atoms with E-state index < -0.39 is 0 Å². The normalized spacial score (nSPS) is 13.2. The van der Waals surface area contributed by atoms with Crippen LogP contribution in [-0.2, 0) is 17.6 Å². The lowest BCUT2D eigenvalue weighted by molar-refractivity contribution is 0.0527. The summed E-state index contributed by atoms with van der Waals surface area (Å²) < 4.78 is 5.40. The molecule has 1 amide bonds. The maximum absolute atomic E-state index is 13.9. The molecule has 2 heterocycles. The van der Waals surface area contributed by atoms with Gasteiger partial charge in [0.1, 0.15) is 5.00 Å². The third kappa shape index (κ3) is 4.98. The number of anilines is 1. The summed E-state index contributed by atoms with van der Waals surface area (Å²) in [5, 5.41) is 5.32. The Bertz CT molecular complexity index is 1530. The molecule has 2 aromatic heterocycles. The number of para-hydroxylation sites is 1. The van der Waals surface area contributed by atoms with E-state index >= 15 is 0 Å². The van der Waals surface area contributed by atoms with E-state index in [1.807, 2.05) is 37.3 Å². The first-order chi connectivity index (χ1) is 17.9. The first-order valence-electron chi connectivity index (χ1n) is 12.4. The molecule has 1 aliphatic rings. The zero-order chi connectivity index (χ0) is 26.1. The van der Waals surface area contributed by atoms with Crippen LogP contribution < -0.4 is 5.32 Å². The van der Waals surface area contributed by atoms with Crippen molar-refractivity contribution in [1.29, 1.82) is 0 Å². The summed E-state index contributed by atoms with van der Waals surface area (Å²) in [6.07, 6.45) is 4.93. The van der Waals surface area contributed by atoms with Crippen LogP contribution in [0.25, 0.3) is 22.2 Å². The van der Waals surface area contributed by atoms with Crippen LogP contribution in [0, 0.1) is 6.92 Å². The number of thiophene rings is 1. The molecule has 0 radical (unpaired) electrons. The van der Waals surface area contributed by atoms with Crippen LogP contribution in [0.15, 0.2) is 42.5 Å². The number of benzene rings is 2. The molecule has 1 N–H and O–H groups in total. The Hall–Kier alpha value is -2.93. The number of pyridine rings is 1. The number of aromatic nitrogens is 1. The van der Waals surface area contributed by atoms with Crippen LogP contribution in [0.2, 0.25) is 10.0 Å². The Labute approximate surface area is 229 Å². The van der Waals surface area contributed by atoms with Crippen LogP contribution in [0.4, 0.5) is 5.00 Å². The highest BCUT2D eigenvalue weighted by molar-refractivity contribution is 7.17. The lowest BCUT2D eigenvalue weighted by Crippen LogP contribution is -2.17. The average molecular weight is 554 g/mol. The number of hydrogen-bond donors (Lipinski definition) is 1. The number of halogens is 2. The molecule has 0 fully saturated rings. The van der Waals surface area contributed by atoms with Gasteiger partial charge in [0.25, 0.3) is 5.91 Å². The third-order valence-electron chi connectivity index (χ3n) is 6.68. The lowest BCUT2D eigenvalue weighted by atomic mass is 9.97. The fraction of sp³-hybridized carbons (Fsp3) is 0.276. The minimum atomic E-state index is -0.387. The lowest BCUT2D eigenvalue weighted by Gasteiger charge is -2.16. The van der Waals surface area contributed by atoms with Crippen molar-refractivity contribution in [2.45, 2.75) is 46.0 Å². The summed E-state index contributed by atoms with van der Waals surface area (Å²) in [6.45, 7) is 3.93. The van der Waals surface area contributed by atoms with Gasteiger partial charge in [-0.15, -0.1) is 11.3 Å². The van der Waals surface area contributed by atoms with Crippen LogP contribution >= 0.6 is 34.5 Å². The molecule has 0 aliphatic heterocycles. The van der Waals surface area contributed by atoms with Gasteiger partial charge in [0.2, 0.25) is 0 Å². The van der Waals surface area contributed by atoms with Crippen molar-refractivity contribution in [2.24, 2.45) is 0 Å². The summed E-state index contributed by atoms with van der Waals surface area (Å²) in [5.41, 5.74) is 4.67. The molecular formula is C29H26Cl2N2O3S. The number of carbonyl (C=O) groups is 2. The Kier molecular flexibility index (Phi) is 7.52. The molecule has 8 heteroatoms. The predicted octanol–water partition coefficient (Wildman–Crippen LogP) is 8.28. The van der Waals surface area contributed by atoms with Gasteiger partial charge < -0.3 is 10.1 Å². The molecular weight excluding hydrogens is 527 g/mol. The van der Waals surface area contributed by atoms with Crippen molar-refractivity contribution in [3.63, 3.8) is 0 Å². The third-order valence-corrected chi connectivity index (χ3v) is 8.43. The number of nitrogens with zero attached hydrogens (tertiary/aromatic N) is 1. The smallest absolute Gasteiger partial charge is 0.341 e. The Morgan fingerprint density at radius 1 is 1.05 bits per heavy atom. The van der Waals surface area contributed by atoms with E-state index in [1.165, 1.54) is 11.3 Å². The molecule has 37 heavy (non-hydrogen) atoms. The number of ether oxygens (including phenoxy) is 1. The number of hydrogen-bond acceptors (Lipinski definition) is 5. The summed E-state index contributed by atoms with van der Waals surface area (Å²) in [7, 11) is 0. The fourth-order valence-electron chi connectivity index (χ4n) is 4.96. The molecule has 2 aromatic carbocycles. The maximum Gasteiger partial charge on any atom is 0.341 e. The predicted molar refractivity (Wildman–Crippen MR) is 151 cm³/mol. The molecule has 190 valence electrons. The van der Waals surface area contributed by atoms with Gasteiger partial charge in [-0.3, -0.25) is 4.79 Å². The van der Waals surface area contributed by atoms with Crippen molar-refractivity contribution in [2.75, 3.05) is 11.9 Å². The van der Waals surface area contributed by atoms with Gasteiger partial charge in [0.15, 0.2) is 0 Å². The topological polar surface area (TPSA) is 68.3 Å². The molecule has 4 aromatic rings. The number of amides is 1. The second-order valence-corrected chi connectivity index (χ2v) is 11.0. The van der Waals surface area contributed by atoms with Gasteiger partial charge in [-0.1, -0.05) is 47.8 Å². The maximum atomic E-state index is 13.9. The number of carbonyl (C=O) groups excluding carboxylic acids is 2. The molecule has 0 bridgehead atoms. The van der Waals surface area contributed by atoms with Gasteiger partial charge in [0, 0.05) is 20.8 Å². The summed E-state index contributed by atoms with van der Waals surface area (Å²) >= 11 is 14.1. The molecule has 0 unspecified atom stereocenters. The zero-order valence-electron chi connectivity index (χ0n) is 20.6. The molecule has 0 atom stereocenters. The van der Waals surface area contributed by atoms with Gasteiger partial charge in [-0.25, -0.2) is 9.78 Å². The van der Waals surface area contributed by atoms with Gasteiger partial charge in [-0.05, 0) is 74.9 Å². The highest BCUT2D eigenvalue weighted by Crippen LogP contribution is 2.40. The van der Waals surface area contributed by atoms with Crippen molar-refractivity contribution >= 4 is 62.3 Å². The van der Waals surface area contributed by atoms with Gasteiger partial charge in [-0.2, -0.15) is 0 Å². The highest BCUT2D eigenvalue weighted by atomic mass is 35.5. The van der Waals surface area contributed by atoms with Crippen LogP contribution in [-0.4, -0.2) is 23.5 Å². The van der Waals surface area contributed by atoms with Crippen molar-refractivity contribution < 1.29 is 14.3 Å². The van der Waals surface area contributed by atoms with E-state index in [-0.39, 0.29) is 18.5 Å². The zero-order valence-corrected chi connectivity index (χ0v) is 22.9. The molecule has 5 rings (SSSR count). The summed E-state index contributed by atoms with van der Waals surface area (Å²) in [5.74, 6) is -0.688. The number of esters is 1. The number of nitrogens with one attached hydrogen (secondary N) is 1. The quantitative estimate of drug-likeness (QED) is 0.200. The molecule has 0 spiro atoms. The van der Waals surface area contributed by atoms with E-state index in [2.05, 4.69) is 5.32 Å². The first kappa shape index (κ1) is 25.7. The van der Waals surface area contributed by atoms with Crippen molar-refractivity contribution in [3.8, 4) is 11.3 Å². The van der Waals surface area contributed by atoms with Crippen LogP contribution in [0.3, 0.4) is 0 Å². The van der Waals surface area contributed by atoms with E-state index in [4.69, 9.17) is 32.9 Å². The monoisotopic (exact) mass is 552 g/mol. The average Bonchev–Trinajstić information content (AvgIpc) is 3.04. The van der Waals surface area contributed by atoms with Crippen molar-refractivity contribution in [3.05, 3.63) is 79.6 Å². The molecule has 5 nitrogen and oxygen atoms in total. The largest absolute Gasteiger partial charge is 0.462 e.